The van der Waals surface area contributed by atoms with Crippen LogP contribution in [0, 0.1) is 0 Å². The van der Waals surface area contributed by atoms with Crippen molar-refractivity contribution in [3.05, 3.63) is 48.5 Å². The Kier molecular flexibility index (Phi) is 4.03. The van der Waals surface area contributed by atoms with E-state index in [0.717, 1.165) is 36.7 Å². The number of hydrogen-bond donors (Lipinski definition) is 0. The molecule has 1 aromatic heterocycles. The maximum absolute atomic E-state index is 13.1. The fourth-order valence-electron chi connectivity index (χ4n) is 4.09. The Bertz CT molecular complexity index is 863. The van der Waals surface area contributed by atoms with Crippen LogP contribution in [-0.2, 0) is 15.1 Å². The zero-order chi connectivity index (χ0) is 17.4. The summed E-state index contributed by atoms with van der Waals surface area (Å²) >= 11 is 0. The average molecular weight is 335 g/mol. The van der Waals surface area contributed by atoms with Crippen molar-refractivity contribution < 1.29 is 9.53 Å². The van der Waals surface area contributed by atoms with Crippen LogP contribution in [0.15, 0.2) is 48.5 Å². The van der Waals surface area contributed by atoms with E-state index >= 15 is 0 Å². The lowest BCUT2D eigenvalue weighted by molar-refractivity contribution is -0.159. The van der Waals surface area contributed by atoms with Gasteiger partial charge in [-0.1, -0.05) is 42.8 Å². The first-order chi connectivity index (χ1) is 12.1. The Labute approximate surface area is 148 Å². The minimum Gasteiger partial charge on any atom is -0.461 e. The van der Waals surface area contributed by atoms with Crippen molar-refractivity contribution in [2.75, 3.05) is 0 Å². The predicted molar refractivity (Wildman–Crippen MR) is 102 cm³/mol. The van der Waals surface area contributed by atoms with Crippen LogP contribution in [0.4, 0.5) is 0 Å². The summed E-state index contributed by atoms with van der Waals surface area (Å²) in [4.78, 5) is 13.1. The molecule has 130 valence electrons. The van der Waals surface area contributed by atoms with Gasteiger partial charge < -0.3 is 9.30 Å². The Morgan fingerprint density at radius 2 is 1.44 bits per heavy atom. The number of fused-ring (bicyclic) bond motifs is 3. The summed E-state index contributed by atoms with van der Waals surface area (Å²) in [7, 11) is 0. The summed E-state index contributed by atoms with van der Waals surface area (Å²) in [6.45, 7) is 3.94. The second-order valence-electron chi connectivity index (χ2n) is 7.59. The molecule has 1 aliphatic carbocycles. The number of esters is 1. The summed E-state index contributed by atoms with van der Waals surface area (Å²) in [6, 6.07) is 16.6. The SMILES string of the molecule is CC(C)(C(=O)OC1CCCCC1)n1c2ccccc2c2ccccc21. The fourth-order valence-corrected chi connectivity index (χ4v) is 4.09. The molecule has 1 fully saturated rings. The molecule has 25 heavy (non-hydrogen) atoms. The van der Waals surface area contributed by atoms with E-state index in [4.69, 9.17) is 4.74 Å². The number of carbonyl (C=O) groups is 1. The molecule has 0 amide bonds. The highest BCUT2D eigenvalue weighted by Gasteiger charge is 2.35. The zero-order valence-corrected chi connectivity index (χ0v) is 15.0. The Morgan fingerprint density at radius 1 is 0.920 bits per heavy atom. The molecule has 0 N–H and O–H groups in total. The lowest BCUT2D eigenvalue weighted by atomic mass is 9.97. The zero-order valence-electron chi connectivity index (χ0n) is 15.0. The quantitative estimate of drug-likeness (QED) is 0.600. The summed E-state index contributed by atoms with van der Waals surface area (Å²) in [5, 5.41) is 2.35. The molecular formula is C22H25NO2. The van der Waals surface area contributed by atoms with Crippen molar-refractivity contribution in [3.63, 3.8) is 0 Å². The molecule has 1 heterocycles. The molecule has 0 unspecified atom stereocenters. The van der Waals surface area contributed by atoms with Gasteiger partial charge in [-0.25, -0.2) is 4.79 Å². The molecule has 0 atom stereocenters. The molecule has 3 heteroatoms. The Morgan fingerprint density at radius 3 is 2.00 bits per heavy atom. The molecule has 0 radical (unpaired) electrons. The van der Waals surface area contributed by atoms with Crippen LogP contribution in [-0.4, -0.2) is 16.6 Å². The van der Waals surface area contributed by atoms with Crippen LogP contribution < -0.4 is 0 Å². The molecule has 1 aliphatic rings. The first kappa shape index (κ1) is 16.2. The minimum absolute atomic E-state index is 0.0774. The van der Waals surface area contributed by atoms with Gasteiger partial charge >= 0.3 is 5.97 Å². The van der Waals surface area contributed by atoms with Crippen molar-refractivity contribution in [1.29, 1.82) is 0 Å². The van der Waals surface area contributed by atoms with Gasteiger partial charge in [0.15, 0.2) is 0 Å². The van der Waals surface area contributed by atoms with E-state index in [0.29, 0.717) is 0 Å². The van der Waals surface area contributed by atoms with Gasteiger partial charge in [-0.2, -0.15) is 0 Å². The molecule has 3 aromatic rings. The number of hydrogen-bond acceptors (Lipinski definition) is 2. The first-order valence-electron chi connectivity index (χ1n) is 9.29. The van der Waals surface area contributed by atoms with Gasteiger partial charge in [0.05, 0.1) is 11.0 Å². The van der Waals surface area contributed by atoms with Gasteiger partial charge in [-0.05, 0) is 51.7 Å². The van der Waals surface area contributed by atoms with Gasteiger partial charge in [-0.3, -0.25) is 0 Å². The van der Waals surface area contributed by atoms with Crippen LogP contribution in [0.2, 0.25) is 0 Å². The molecule has 2 aromatic carbocycles. The largest absolute Gasteiger partial charge is 0.461 e. The van der Waals surface area contributed by atoms with E-state index in [1.54, 1.807) is 0 Å². The van der Waals surface area contributed by atoms with Crippen molar-refractivity contribution in [1.82, 2.24) is 4.57 Å². The smallest absolute Gasteiger partial charge is 0.332 e. The highest BCUT2D eigenvalue weighted by molar-refractivity contribution is 6.09. The van der Waals surface area contributed by atoms with E-state index in [9.17, 15) is 4.79 Å². The van der Waals surface area contributed by atoms with Gasteiger partial charge in [-0.15, -0.1) is 0 Å². The summed E-state index contributed by atoms with van der Waals surface area (Å²) in [5.74, 6) is -0.133. The normalized spacial score (nSPS) is 16.4. The van der Waals surface area contributed by atoms with Crippen molar-refractivity contribution >= 4 is 27.8 Å². The third-order valence-corrected chi connectivity index (χ3v) is 5.46. The molecule has 0 bridgehead atoms. The number of ether oxygens (including phenoxy) is 1. The second-order valence-corrected chi connectivity index (χ2v) is 7.59. The topological polar surface area (TPSA) is 31.2 Å². The highest BCUT2D eigenvalue weighted by Crippen LogP contribution is 2.35. The number of aromatic nitrogens is 1. The van der Waals surface area contributed by atoms with Crippen molar-refractivity contribution in [2.45, 2.75) is 57.6 Å². The summed E-state index contributed by atoms with van der Waals surface area (Å²) in [6.07, 6.45) is 5.64. The molecule has 0 saturated heterocycles. The van der Waals surface area contributed by atoms with Crippen molar-refractivity contribution in [3.8, 4) is 0 Å². The van der Waals surface area contributed by atoms with E-state index in [1.807, 2.05) is 38.1 Å². The van der Waals surface area contributed by atoms with E-state index in [2.05, 4.69) is 28.8 Å². The maximum Gasteiger partial charge on any atom is 0.332 e. The predicted octanol–water partition coefficient (Wildman–Crippen LogP) is 5.41. The minimum atomic E-state index is -0.750. The molecule has 3 nitrogen and oxygen atoms in total. The van der Waals surface area contributed by atoms with Crippen molar-refractivity contribution in [2.24, 2.45) is 0 Å². The number of carbonyl (C=O) groups excluding carboxylic acids is 1. The standard InChI is InChI=1S/C22H25NO2/c1-22(2,21(24)25-16-10-4-3-5-11-16)23-19-14-8-6-12-17(19)18-13-7-9-15-20(18)23/h6-9,12-16H,3-5,10-11H2,1-2H3. The molecule has 0 spiro atoms. The number of nitrogens with zero attached hydrogens (tertiary/aromatic N) is 1. The molecule has 4 rings (SSSR count). The van der Waals surface area contributed by atoms with Crippen LogP contribution in [0.25, 0.3) is 21.8 Å². The van der Waals surface area contributed by atoms with Crippen LogP contribution >= 0.6 is 0 Å². The highest BCUT2D eigenvalue weighted by atomic mass is 16.5. The Balaban J connectivity index is 1.79. The summed E-state index contributed by atoms with van der Waals surface area (Å²) < 4.78 is 8.06. The average Bonchev–Trinajstić information content (AvgIpc) is 2.98. The van der Waals surface area contributed by atoms with Crippen LogP contribution in [0.3, 0.4) is 0 Å². The van der Waals surface area contributed by atoms with Gasteiger partial charge in [0.2, 0.25) is 0 Å². The lowest BCUT2D eigenvalue weighted by Gasteiger charge is -2.30. The molecule has 0 aliphatic heterocycles. The third-order valence-electron chi connectivity index (χ3n) is 5.46. The molecular weight excluding hydrogens is 310 g/mol. The molecule has 1 saturated carbocycles. The van der Waals surface area contributed by atoms with E-state index < -0.39 is 5.54 Å². The van der Waals surface area contributed by atoms with Gasteiger partial charge in [0.1, 0.15) is 11.6 Å². The van der Waals surface area contributed by atoms with E-state index in [-0.39, 0.29) is 12.1 Å². The van der Waals surface area contributed by atoms with E-state index in [1.165, 1.54) is 17.2 Å². The van der Waals surface area contributed by atoms with Gasteiger partial charge in [0, 0.05) is 10.8 Å². The number of benzene rings is 2. The van der Waals surface area contributed by atoms with Crippen LogP contribution in [0.5, 0.6) is 0 Å². The Hall–Kier alpha value is -2.29. The first-order valence-corrected chi connectivity index (χ1v) is 9.29. The maximum atomic E-state index is 13.1. The lowest BCUT2D eigenvalue weighted by Crippen LogP contribution is -2.39. The number of para-hydroxylation sites is 2. The number of rotatable bonds is 3. The van der Waals surface area contributed by atoms with Crippen LogP contribution in [0.1, 0.15) is 46.0 Å². The third kappa shape index (κ3) is 2.72. The summed E-state index contributed by atoms with van der Waals surface area (Å²) in [5.41, 5.74) is 1.41. The monoisotopic (exact) mass is 335 g/mol. The second kappa shape index (κ2) is 6.21. The fraction of sp³-hybridized carbons (Fsp3) is 0.409. The van der Waals surface area contributed by atoms with Gasteiger partial charge in [0.25, 0.3) is 0 Å².